The molecule has 0 spiro atoms. The number of aromatic nitrogens is 8. The Morgan fingerprint density at radius 2 is 1.12 bits per heavy atom. The minimum absolute atomic E-state index is 0.0138. The number of nitrogens with one attached hydrogen (secondary N) is 1. The smallest absolute Gasteiger partial charge is 0.423 e. The van der Waals surface area contributed by atoms with Gasteiger partial charge >= 0.3 is 7.12 Å². The standard InChI is InChI=1S/C15H13F2N5O.C9H11N5O.C6H5BF2O2/c16-10-7-11(17)9-12(8-10)18-14-4-2-1-3-13(14)15-19-21-22(20-15)5-6-23;10-8-4-2-1-3-7(8)9-11-13-14(12-9)5-6-15;8-5-1-4(7(10)11)2-6(9)3-5/h1-4,7-9,18,23H,5-6H2;1-4,15H,5-6,10H2;1-3,10-11H. The van der Waals surface area contributed by atoms with Crippen molar-refractivity contribution in [2.24, 2.45) is 0 Å². The average molecular weight is 680 g/mol. The van der Waals surface area contributed by atoms with E-state index in [1.807, 2.05) is 18.2 Å². The summed E-state index contributed by atoms with van der Waals surface area (Å²) < 4.78 is 51.3. The molecule has 0 amide bonds. The highest BCUT2D eigenvalue weighted by Gasteiger charge is 2.13. The number of aliphatic hydroxyl groups excluding tert-OH is 2. The number of hydrogen-bond donors (Lipinski definition) is 6. The fraction of sp³-hybridized carbons (Fsp3) is 0.133. The summed E-state index contributed by atoms with van der Waals surface area (Å²) in [5.74, 6) is -2.17. The zero-order valence-corrected chi connectivity index (χ0v) is 25.4. The maximum atomic E-state index is 13.3. The number of aliphatic hydroxyl groups is 2. The van der Waals surface area contributed by atoms with Crippen molar-refractivity contribution in [2.75, 3.05) is 24.3 Å². The fourth-order valence-corrected chi connectivity index (χ4v) is 4.06. The van der Waals surface area contributed by atoms with Gasteiger partial charge in [-0.3, -0.25) is 0 Å². The van der Waals surface area contributed by atoms with Gasteiger partial charge in [-0.05, 0) is 64.4 Å². The summed E-state index contributed by atoms with van der Waals surface area (Å²) in [6.45, 7) is 0.454. The molecular weight excluding hydrogens is 651 g/mol. The lowest BCUT2D eigenvalue weighted by atomic mass is 9.80. The molecule has 0 aliphatic carbocycles. The lowest BCUT2D eigenvalue weighted by Crippen LogP contribution is -2.30. The monoisotopic (exact) mass is 680 g/mol. The number of nitrogen functional groups attached to an aromatic ring is 1. The average Bonchev–Trinajstić information content (AvgIpc) is 3.72. The Kier molecular flexibility index (Phi) is 12.8. The molecule has 49 heavy (non-hydrogen) atoms. The Morgan fingerprint density at radius 1 is 0.653 bits per heavy atom. The molecule has 0 unspecified atom stereocenters. The van der Waals surface area contributed by atoms with Crippen LogP contribution in [0.2, 0.25) is 0 Å². The molecule has 6 rings (SSSR count). The predicted octanol–water partition coefficient (Wildman–Crippen LogP) is 1.91. The minimum Gasteiger partial charge on any atom is -0.423 e. The van der Waals surface area contributed by atoms with Gasteiger partial charge in [0.05, 0.1) is 26.3 Å². The van der Waals surface area contributed by atoms with Crippen LogP contribution in [0.1, 0.15) is 0 Å². The molecule has 0 aliphatic heterocycles. The van der Waals surface area contributed by atoms with E-state index in [4.69, 9.17) is 26.0 Å². The number of nitrogens with two attached hydrogens (primary N) is 1. The van der Waals surface area contributed by atoms with E-state index in [1.165, 1.54) is 21.7 Å². The van der Waals surface area contributed by atoms with E-state index in [-0.39, 0.29) is 30.9 Å². The van der Waals surface area contributed by atoms with Crippen LogP contribution in [0.5, 0.6) is 0 Å². The van der Waals surface area contributed by atoms with Crippen LogP contribution < -0.4 is 16.5 Å². The first kappa shape index (κ1) is 36.1. The number of hydrogen-bond acceptors (Lipinski definition) is 12. The SMILES string of the molecule is Nc1ccccc1-c1nnn(CCO)n1.OB(O)c1cc(F)cc(F)c1.OCCn1nnc(-c2ccccc2Nc2cc(F)cc(F)c2)n1. The topological polar surface area (TPSA) is 206 Å². The Morgan fingerprint density at radius 3 is 1.63 bits per heavy atom. The number of tetrazole rings is 2. The van der Waals surface area contributed by atoms with Gasteiger partial charge in [-0.25, -0.2) is 17.6 Å². The first-order valence-corrected chi connectivity index (χ1v) is 14.3. The van der Waals surface area contributed by atoms with Crippen molar-refractivity contribution in [2.45, 2.75) is 13.1 Å². The Labute approximate surface area is 276 Å². The zero-order valence-electron chi connectivity index (χ0n) is 25.4. The van der Waals surface area contributed by atoms with Crippen LogP contribution in [0.15, 0.2) is 84.9 Å². The van der Waals surface area contributed by atoms with Crippen molar-refractivity contribution < 1.29 is 37.8 Å². The molecule has 0 bridgehead atoms. The molecular formula is C30H29BF4N10O4. The third-order valence-corrected chi connectivity index (χ3v) is 6.20. The van der Waals surface area contributed by atoms with Gasteiger partial charge in [-0.2, -0.15) is 9.59 Å². The van der Waals surface area contributed by atoms with Gasteiger partial charge in [0, 0.05) is 40.3 Å². The molecule has 0 saturated heterocycles. The Bertz CT molecular complexity index is 1920. The summed E-state index contributed by atoms with van der Waals surface area (Å²) in [7, 11) is -1.83. The zero-order chi connectivity index (χ0) is 35.3. The molecule has 0 saturated carbocycles. The fourth-order valence-electron chi connectivity index (χ4n) is 4.06. The number of para-hydroxylation sites is 2. The summed E-state index contributed by atoms with van der Waals surface area (Å²) in [6.07, 6.45) is 0. The molecule has 2 aromatic heterocycles. The largest absolute Gasteiger partial charge is 0.488 e. The van der Waals surface area contributed by atoms with Crippen molar-refractivity contribution in [1.82, 2.24) is 40.4 Å². The highest BCUT2D eigenvalue weighted by molar-refractivity contribution is 6.58. The maximum absolute atomic E-state index is 13.3. The summed E-state index contributed by atoms with van der Waals surface area (Å²) in [5, 5.41) is 61.2. The molecule has 0 aliphatic rings. The van der Waals surface area contributed by atoms with E-state index in [9.17, 15) is 17.6 Å². The first-order chi connectivity index (χ1) is 23.6. The van der Waals surface area contributed by atoms with Crippen molar-refractivity contribution in [3.63, 3.8) is 0 Å². The number of benzene rings is 4. The Balaban J connectivity index is 0.000000179. The number of halogens is 4. The molecule has 4 aromatic carbocycles. The highest BCUT2D eigenvalue weighted by Crippen LogP contribution is 2.28. The molecule has 0 fully saturated rings. The van der Waals surface area contributed by atoms with E-state index in [0.717, 1.165) is 23.8 Å². The van der Waals surface area contributed by atoms with Crippen LogP contribution in [-0.4, -0.2) is 81.0 Å². The van der Waals surface area contributed by atoms with Crippen LogP contribution in [0.25, 0.3) is 22.8 Å². The number of nitrogens with zero attached hydrogens (tertiary/aromatic N) is 8. The van der Waals surface area contributed by atoms with Crippen molar-refractivity contribution in [1.29, 1.82) is 0 Å². The molecule has 19 heteroatoms. The van der Waals surface area contributed by atoms with E-state index in [0.29, 0.717) is 41.2 Å². The minimum atomic E-state index is -1.83. The van der Waals surface area contributed by atoms with Gasteiger partial charge in [0.2, 0.25) is 11.6 Å². The summed E-state index contributed by atoms with van der Waals surface area (Å²) >= 11 is 0. The maximum Gasteiger partial charge on any atom is 0.488 e. The second kappa shape index (κ2) is 17.4. The molecule has 14 nitrogen and oxygen atoms in total. The first-order valence-electron chi connectivity index (χ1n) is 14.3. The molecule has 254 valence electrons. The van der Waals surface area contributed by atoms with Gasteiger partial charge in [0.1, 0.15) is 23.3 Å². The summed E-state index contributed by atoms with van der Waals surface area (Å²) in [5.41, 5.74) is 8.43. The molecule has 7 N–H and O–H groups in total. The van der Waals surface area contributed by atoms with Gasteiger partial charge < -0.3 is 31.3 Å². The van der Waals surface area contributed by atoms with E-state index in [1.54, 1.807) is 30.3 Å². The van der Waals surface area contributed by atoms with Crippen molar-refractivity contribution in [3.8, 4) is 22.8 Å². The van der Waals surface area contributed by atoms with E-state index < -0.39 is 30.4 Å². The molecule has 2 heterocycles. The van der Waals surface area contributed by atoms with Crippen LogP contribution in [0.3, 0.4) is 0 Å². The third-order valence-electron chi connectivity index (χ3n) is 6.20. The Hall–Kier alpha value is -5.76. The molecule has 6 aromatic rings. The molecule has 0 atom stereocenters. The van der Waals surface area contributed by atoms with E-state index in [2.05, 4.69) is 36.1 Å². The van der Waals surface area contributed by atoms with Gasteiger partial charge in [-0.15, -0.1) is 20.4 Å². The quantitative estimate of drug-likeness (QED) is 0.0736. The summed E-state index contributed by atoms with van der Waals surface area (Å²) in [6, 6.07) is 19.9. The lowest BCUT2D eigenvalue weighted by molar-refractivity contribution is 0.259. The highest BCUT2D eigenvalue weighted by atomic mass is 19.1. The van der Waals surface area contributed by atoms with E-state index >= 15 is 0 Å². The number of anilines is 3. The van der Waals surface area contributed by atoms with Gasteiger partial charge in [0.15, 0.2) is 0 Å². The van der Waals surface area contributed by atoms with Crippen LogP contribution in [0.4, 0.5) is 34.6 Å². The van der Waals surface area contributed by atoms with Crippen LogP contribution in [0, 0.1) is 23.3 Å². The second-order valence-corrected chi connectivity index (χ2v) is 9.86. The third kappa shape index (κ3) is 10.6. The molecule has 0 radical (unpaired) electrons. The predicted molar refractivity (Wildman–Crippen MR) is 171 cm³/mol. The second-order valence-electron chi connectivity index (χ2n) is 9.86. The van der Waals surface area contributed by atoms with Crippen LogP contribution >= 0.6 is 0 Å². The van der Waals surface area contributed by atoms with Crippen molar-refractivity contribution >= 4 is 29.6 Å². The van der Waals surface area contributed by atoms with Crippen molar-refractivity contribution in [3.05, 3.63) is 108 Å². The summed E-state index contributed by atoms with van der Waals surface area (Å²) in [4.78, 5) is 2.61. The van der Waals surface area contributed by atoms with Gasteiger partial charge in [-0.1, -0.05) is 24.3 Å². The number of rotatable bonds is 9. The van der Waals surface area contributed by atoms with Gasteiger partial charge in [0.25, 0.3) is 0 Å². The van der Waals surface area contributed by atoms with Crippen LogP contribution in [-0.2, 0) is 13.1 Å². The normalized spacial score (nSPS) is 10.4. The lowest BCUT2D eigenvalue weighted by Gasteiger charge is -2.10.